The number of aromatic nitrogens is 2. The number of imide groups is 1. The lowest BCUT2D eigenvalue weighted by Gasteiger charge is -2.37. The summed E-state index contributed by atoms with van der Waals surface area (Å²) >= 11 is 0. The summed E-state index contributed by atoms with van der Waals surface area (Å²) < 4.78 is 12.7. The van der Waals surface area contributed by atoms with Crippen LogP contribution in [-0.4, -0.2) is 45.3 Å². The number of ether oxygens (including phenoxy) is 2. The second kappa shape index (κ2) is 12.4. The molecule has 1 aromatic heterocycles. The Morgan fingerprint density at radius 3 is 1.71 bits per heavy atom. The average molecular weight is 646 g/mol. The molecule has 2 aliphatic rings. The van der Waals surface area contributed by atoms with Gasteiger partial charge in [-0.05, 0) is 38.9 Å². The van der Waals surface area contributed by atoms with Gasteiger partial charge in [0.05, 0.1) is 12.0 Å². The van der Waals surface area contributed by atoms with Gasteiger partial charge in [0.1, 0.15) is 18.2 Å². The number of rotatable bonds is 8. The zero-order valence-corrected chi connectivity index (χ0v) is 26.4. The molecule has 5 aromatic carbocycles. The fourth-order valence-corrected chi connectivity index (χ4v) is 7.31. The molecule has 0 saturated carbocycles. The molecular formula is C41H31N3O5. The Morgan fingerprint density at radius 1 is 0.694 bits per heavy atom. The lowest BCUT2D eigenvalue weighted by molar-refractivity contribution is -0.135. The number of fused-ring (bicyclic) bond motifs is 3. The second-order valence-corrected chi connectivity index (χ2v) is 12.2. The molecule has 240 valence electrons. The van der Waals surface area contributed by atoms with E-state index in [2.05, 4.69) is 36.4 Å². The van der Waals surface area contributed by atoms with Gasteiger partial charge < -0.3 is 14.0 Å². The van der Waals surface area contributed by atoms with Crippen molar-refractivity contribution in [2.75, 3.05) is 6.61 Å². The molecule has 0 radical (unpaired) electrons. The number of carbonyl (C=O) groups is 3. The van der Waals surface area contributed by atoms with Crippen molar-refractivity contribution in [3.05, 3.63) is 186 Å². The third-order valence-electron chi connectivity index (χ3n) is 9.50. The van der Waals surface area contributed by atoms with Gasteiger partial charge in [0.15, 0.2) is 0 Å². The summed E-state index contributed by atoms with van der Waals surface area (Å²) in [7, 11) is 0. The van der Waals surface area contributed by atoms with E-state index in [9.17, 15) is 14.4 Å². The highest BCUT2D eigenvalue weighted by molar-refractivity contribution is 6.04. The van der Waals surface area contributed by atoms with Crippen molar-refractivity contribution in [2.24, 2.45) is 0 Å². The first kappa shape index (κ1) is 30.1. The molecule has 8 nitrogen and oxygen atoms in total. The third kappa shape index (κ3) is 5.09. The van der Waals surface area contributed by atoms with Gasteiger partial charge in [-0.1, -0.05) is 140 Å². The molecule has 49 heavy (non-hydrogen) atoms. The Kier molecular flexibility index (Phi) is 7.61. The highest BCUT2D eigenvalue weighted by Crippen LogP contribution is 2.45. The summed E-state index contributed by atoms with van der Waals surface area (Å²) in [5, 5.41) is 0. The summed E-state index contributed by atoms with van der Waals surface area (Å²) in [6.45, 7) is -0.0000750. The van der Waals surface area contributed by atoms with E-state index in [0.29, 0.717) is 5.69 Å². The van der Waals surface area contributed by atoms with Crippen LogP contribution in [0, 0.1) is 0 Å². The molecule has 2 amide bonds. The van der Waals surface area contributed by atoms with E-state index in [4.69, 9.17) is 14.5 Å². The lowest BCUT2D eigenvalue weighted by Crippen LogP contribution is -2.42. The summed E-state index contributed by atoms with van der Waals surface area (Å²) in [6.07, 6.45) is 1.55. The molecule has 6 aromatic rings. The molecule has 8 rings (SSSR count). The van der Waals surface area contributed by atoms with Gasteiger partial charge in [-0.15, -0.1) is 0 Å². The fourth-order valence-electron chi connectivity index (χ4n) is 7.31. The van der Waals surface area contributed by atoms with Crippen LogP contribution in [0.5, 0.6) is 0 Å². The van der Waals surface area contributed by atoms with Crippen molar-refractivity contribution in [1.82, 2.24) is 14.5 Å². The highest BCUT2D eigenvalue weighted by Gasteiger charge is 2.47. The molecule has 0 unspecified atom stereocenters. The standard InChI is InChI=1S/C41H31N3O5/c45-38-37(44(40(47)49-38)39(46)48-26-36-34-22-12-10-20-32(34)33-21-11-13-23-35(33)36)24-31-25-43(27-42-31)41(28-14-4-1-5-15-28,29-16-6-2-7-17-29)30-18-8-3-9-19-30/h1-23,25,27,36-37H,24,26H2/t37-/m0/s1. The van der Waals surface area contributed by atoms with E-state index < -0.39 is 29.7 Å². The number of nitrogens with zero attached hydrogens (tertiary/aromatic N) is 3. The summed E-state index contributed by atoms with van der Waals surface area (Å²) in [6, 6.07) is 45.1. The third-order valence-corrected chi connectivity index (χ3v) is 9.50. The number of amides is 2. The van der Waals surface area contributed by atoms with Gasteiger partial charge in [0.25, 0.3) is 0 Å². The molecule has 0 bridgehead atoms. The molecule has 1 aliphatic carbocycles. The van der Waals surface area contributed by atoms with Crippen molar-refractivity contribution >= 4 is 18.2 Å². The quantitative estimate of drug-likeness (QED) is 0.0964. The molecule has 8 heteroatoms. The number of hydrogen-bond donors (Lipinski definition) is 0. The van der Waals surface area contributed by atoms with Gasteiger partial charge in [0.2, 0.25) is 0 Å². The molecule has 0 N–H and O–H groups in total. The van der Waals surface area contributed by atoms with Crippen molar-refractivity contribution in [3.63, 3.8) is 0 Å². The topological polar surface area (TPSA) is 90.7 Å². The van der Waals surface area contributed by atoms with E-state index in [1.807, 2.05) is 114 Å². The molecule has 1 aliphatic heterocycles. The second-order valence-electron chi connectivity index (χ2n) is 12.2. The van der Waals surface area contributed by atoms with Crippen molar-refractivity contribution in [2.45, 2.75) is 23.9 Å². The highest BCUT2D eigenvalue weighted by atomic mass is 16.6. The smallest absolute Gasteiger partial charge is 0.427 e. The van der Waals surface area contributed by atoms with Gasteiger partial charge >= 0.3 is 18.2 Å². The number of carbonyl (C=O) groups excluding carboxylic acids is 3. The van der Waals surface area contributed by atoms with Crippen LogP contribution < -0.4 is 0 Å². The van der Waals surface area contributed by atoms with Crippen molar-refractivity contribution in [3.8, 4) is 11.1 Å². The van der Waals surface area contributed by atoms with E-state index in [1.165, 1.54) is 0 Å². The van der Waals surface area contributed by atoms with Gasteiger partial charge in [0, 0.05) is 18.5 Å². The van der Waals surface area contributed by atoms with Crippen LogP contribution in [0.4, 0.5) is 9.59 Å². The maximum absolute atomic E-state index is 13.5. The van der Waals surface area contributed by atoms with Gasteiger partial charge in [-0.25, -0.2) is 19.4 Å². The van der Waals surface area contributed by atoms with Gasteiger partial charge in [-0.3, -0.25) is 0 Å². The van der Waals surface area contributed by atoms with Crippen LogP contribution in [0.3, 0.4) is 0 Å². The molecule has 1 atom stereocenters. The molecule has 2 heterocycles. The minimum Gasteiger partial charge on any atom is -0.448 e. The zero-order chi connectivity index (χ0) is 33.4. The average Bonchev–Trinajstić information content (AvgIpc) is 3.83. The first-order chi connectivity index (χ1) is 24.1. The summed E-state index contributed by atoms with van der Waals surface area (Å²) in [4.78, 5) is 44.9. The van der Waals surface area contributed by atoms with E-state index in [1.54, 1.807) is 6.33 Å². The Labute approximate surface area is 283 Å². The van der Waals surface area contributed by atoms with Crippen LogP contribution >= 0.6 is 0 Å². The number of hydrogen-bond acceptors (Lipinski definition) is 6. The minimum atomic E-state index is -1.23. The first-order valence-corrected chi connectivity index (χ1v) is 16.2. The molecular weight excluding hydrogens is 614 g/mol. The fraction of sp³-hybridized carbons (Fsp3) is 0.122. The number of imidazole rings is 1. The van der Waals surface area contributed by atoms with Gasteiger partial charge in [-0.2, -0.15) is 4.90 Å². The monoisotopic (exact) mass is 645 g/mol. The number of esters is 1. The zero-order valence-electron chi connectivity index (χ0n) is 26.4. The maximum Gasteiger partial charge on any atom is 0.427 e. The van der Waals surface area contributed by atoms with E-state index in [0.717, 1.165) is 43.8 Å². The molecule has 1 fully saturated rings. The van der Waals surface area contributed by atoms with Crippen LogP contribution in [-0.2, 0) is 26.2 Å². The lowest BCUT2D eigenvalue weighted by atomic mass is 9.77. The predicted octanol–water partition coefficient (Wildman–Crippen LogP) is 7.56. The number of benzene rings is 5. The summed E-state index contributed by atoms with van der Waals surface area (Å²) in [5.74, 6) is -1.03. The molecule has 0 spiro atoms. The Balaban J connectivity index is 1.10. The van der Waals surface area contributed by atoms with Crippen LogP contribution in [0.2, 0.25) is 0 Å². The Bertz CT molecular complexity index is 2020. The van der Waals surface area contributed by atoms with E-state index in [-0.39, 0.29) is 18.9 Å². The van der Waals surface area contributed by atoms with E-state index >= 15 is 0 Å². The van der Waals surface area contributed by atoms with Crippen LogP contribution in [0.1, 0.15) is 39.4 Å². The predicted molar refractivity (Wildman–Crippen MR) is 183 cm³/mol. The van der Waals surface area contributed by atoms with Crippen molar-refractivity contribution < 1.29 is 23.9 Å². The Morgan fingerprint density at radius 2 is 1.18 bits per heavy atom. The molecule has 1 saturated heterocycles. The summed E-state index contributed by atoms with van der Waals surface area (Å²) in [5.41, 5.74) is 6.95. The minimum absolute atomic E-state index is 0.0000750. The largest absolute Gasteiger partial charge is 0.448 e. The van der Waals surface area contributed by atoms with Crippen molar-refractivity contribution in [1.29, 1.82) is 0 Å². The van der Waals surface area contributed by atoms with Crippen LogP contribution in [0.25, 0.3) is 11.1 Å². The maximum atomic E-state index is 13.5. The Hall–Kier alpha value is -6.28. The first-order valence-electron chi connectivity index (χ1n) is 16.2. The number of cyclic esters (lactones) is 2. The normalized spacial score (nSPS) is 15.5. The van der Waals surface area contributed by atoms with Crippen LogP contribution in [0.15, 0.2) is 152 Å². The SMILES string of the molecule is O=C1OC(=O)N(C(=O)OCC2c3ccccc3-c3ccccc32)[C@H]1Cc1cn(C(c2ccccc2)(c2ccccc2)c2ccccc2)cn1.